The van der Waals surface area contributed by atoms with Crippen molar-refractivity contribution in [1.82, 2.24) is 0 Å². The summed E-state index contributed by atoms with van der Waals surface area (Å²) >= 11 is 1.70. The van der Waals surface area contributed by atoms with Crippen molar-refractivity contribution in [2.45, 2.75) is 17.9 Å². The summed E-state index contributed by atoms with van der Waals surface area (Å²) in [6, 6.07) is 6.04. The Morgan fingerprint density at radius 3 is 3.00 bits per heavy atom. The first-order chi connectivity index (χ1) is 8.72. The lowest BCUT2D eigenvalue weighted by Crippen LogP contribution is -2.13. The van der Waals surface area contributed by atoms with Crippen molar-refractivity contribution in [3.8, 4) is 0 Å². The van der Waals surface area contributed by atoms with Crippen LogP contribution in [-0.4, -0.2) is 31.7 Å². The molecule has 1 heterocycles. The summed E-state index contributed by atoms with van der Waals surface area (Å²) in [5.41, 5.74) is 2.92. The van der Waals surface area contributed by atoms with Crippen LogP contribution in [0.25, 0.3) is 0 Å². The molecule has 0 aliphatic carbocycles. The third kappa shape index (κ3) is 3.11. The van der Waals surface area contributed by atoms with Gasteiger partial charge in [-0.1, -0.05) is 6.07 Å². The number of hydrogen-bond acceptors (Lipinski definition) is 5. The smallest absolute Gasteiger partial charge is 0.311 e. The molecule has 0 N–H and O–H groups in total. The second-order valence-corrected chi connectivity index (χ2v) is 4.97. The highest BCUT2D eigenvalue weighted by atomic mass is 32.2. The van der Waals surface area contributed by atoms with Gasteiger partial charge in [-0.05, 0) is 17.7 Å². The lowest BCUT2D eigenvalue weighted by Gasteiger charge is -2.15. The van der Waals surface area contributed by atoms with Crippen molar-refractivity contribution < 1.29 is 14.3 Å². The normalized spacial score (nSPS) is 13.8. The summed E-state index contributed by atoms with van der Waals surface area (Å²) in [6.45, 7) is 0.604. The summed E-state index contributed by atoms with van der Waals surface area (Å²) in [6.07, 6.45) is 0.267. The maximum atomic E-state index is 11.2. The zero-order valence-corrected chi connectivity index (χ0v) is 11.3. The number of methoxy groups -OCH3 is 2. The van der Waals surface area contributed by atoms with Crippen molar-refractivity contribution in [3.63, 3.8) is 0 Å². The van der Waals surface area contributed by atoms with Gasteiger partial charge in [0.1, 0.15) is 0 Å². The van der Waals surface area contributed by atoms with Gasteiger partial charge < -0.3 is 9.47 Å². The summed E-state index contributed by atoms with van der Waals surface area (Å²) in [5.74, 6) is 0.493. The van der Waals surface area contributed by atoms with Crippen LogP contribution in [0.15, 0.2) is 28.1 Å². The number of benzene rings is 1. The minimum Gasteiger partial charge on any atom is -0.469 e. The lowest BCUT2D eigenvalue weighted by atomic mass is 10.2. The van der Waals surface area contributed by atoms with Crippen LogP contribution in [-0.2, 0) is 20.9 Å². The zero-order chi connectivity index (χ0) is 13.0. The monoisotopic (exact) mass is 265 g/mol. The van der Waals surface area contributed by atoms with Crippen molar-refractivity contribution in [2.75, 3.05) is 20.0 Å². The highest BCUT2D eigenvalue weighted by Crippen LogP contribution is 2.35. The van der Waals surface area contributed by atoms with Gasteiger partial charge in [0, 0.05) is 23.5 Å². The topological polar surface area (TPSA) is 47.9 Å². The third-order valence-corrected chi connectivity index (χ3v) is 3.70. The van der Waals surface area contributed by atoms with E-state index in [0.29, 0.717) is 6.61 Å². The molecule has 0 amide bonds. The largest absolute Gasteiger partial charge is 0.469 e. The number of carbonyl (C=O) groups is 1. The molecule has 0 atom stereocenters. The number of aliphatic imine (C=N–C) groups is 1. The first kappa shape index (κ1) is 13.1. The van der Waals surface area contributed by atoms with Gasteiger partial charge in [-0.3, -0.25) is 9.79 Å². The van der Waals surface area contributed by atoms with E-state index in [1.165, 1.54) is 7.11 Å². The van der Waals surface area contributed by atoms with Crippen molar-refractivity contribution in [1.29, 1.82) is 0 Å². The molecule has 0 saturated heterocycles. The Morgan fingerprint density at radius 1 is 1.44 bits per heavy atom. The molecule has 0 saturated carbocycles. The number of nitrogens with zero attached hydrogens (tertiary/aromatic N) is 1. The van der Waals surface area contributed by atoms with E-state index >= 15 is 0 Å². The summed E-state index contributed by atoms with van der Waals surface area (Å²) < 4.78 is 9.75. The van der Waals surface area contributed by atoms with Gasteiger partial charge >= 0.3 is 5.97 Å². The number of thioether (sulfide) groups is 1. The molecule has 0 fully saturated rings. The fraction of sp³-hybridized carbons (Fsp3) is 0.385. The van der Waals surface area contributed by atoms with Crippen LogP contribution in [0.1, 0.15) is 12.0 Å². The fourth-order valence-corrected chi connectivity index (χ4v) is 2.70. The number of esters is 1. The summed E-state index contributed by atoms with van der Waals surface area (Å²) in [5, 5.41) is 0. The van der Waals surface area contributed by atoms with Gasteiger partial charge in [-0.25, -0.2) is 0 Å². The van der Waals surface area contributed by atoms with E-state index in [2.05, 4.69) is 15.8 Å². The standard InChI is InChI=1S/C13H15NO3S/c1-16-7-9-3-4-11-12(5-9)18-8-10(14-11)6-13(15)17-2/h3-5H,6-8H2,1-2H3. The highest BCUT2D eigenvalue weighted by molar-refractivity contribution is 8.00. The average molecular weight is 265 g/mol. The van der Waals surface area contributed by atoms with Crippen molar-refractivity contribution in [2.24, 2.45) is 4.99 Å². The van der Waals surface area contributed by atoms with Crippen molar-refractivity contribution >= 4 is 29.1 Å². The van der Waals surface area contributed by atoms with Gasteiger partial charge in [0.2, 0.25) is 0 Å². The van der Waals surface area contributed by atoms with Crippen LogP contribution in [0.5, 0.6) is 0 Å². The summed E-state index contributed by atoms with van der Waals surface area (Å²) in [7, 11) is 3.07. The Kier molecular flexibility index (Phi) is 4.38. The number of rotatable bonds is 4. The molecule has 0 aromatic heterocycles. The molecular formula is C13H15NO3S. The van der Waals surface area contributed by atoms with Gasteiger partial charge in [-0.2, -0.15) is 0 Å². The predicted octanol–water partition coefficient (Wildman–Crippen LogP) is 2.57. The van der Waals surface area contributed by atoms with Crippen LogP contribution < -0.4 is 0 Å². The second kappa shape index (κ2) is 6.02. The fourth-order valence-electron chi connectivity index (χ4n) is 1.72. The SMILES string of the molecule is COCc1ccc2c(c1)SCC(CC(=O)OC)=N2. The zero-order valence-electron chi connectivity index (χ0n) is 10.4. The van der Waals surface area contributed by atoms with E-state index in [-0.39, 0.29) is 12.4 Å². The van der Waals surface area contributed by atoms with Crippen LogP contribution in [0.4, 0.5) is 5.69 Å². The van der Waals surface area contributed by atoms with Gasteiger partial charge in [0.25, 0.3) is 0 Å². The van der Waals surface area contributed by atoms with Crippen LogP contribution >= 0.6 is 11.8 Å². The van der Waals surface area contributed by atoms with Crippen LogP contribution in [0.2, 0.25) is 0 Å². The Balaban J connectivity index is 2.16. The van der Waals surface area contributed by atoms with Crippen molar-refractivity contribution in [3.05, 3.63) is 23.8 Å². The Hall–Kier alpha value is -1.33. The van der Waals surface area contributed by atoms with Crippen LogP contribution in [0.3, 0.4) is 0 Å². The molecule has 0 bridgehead atoms. The van der Waals surface area contributed by atoms with E-state index in [0.717, 1.165) is 27.6 Å². The number of ether oxygens (including phenoxy) is 2. The maximum Gasteiger partial charge on any atom is 0.311 e. The molecular weight excluding hydrogens is 250 g/mol. The molecule has 0 spiro atoms. The molecule has 18 heavy (non-hydrogen) atoms. The number of hydrogen-bond donors (Lipinski definition) is 0. The van der Waals surface area contributed by atoms with Gasteiger partial charge in [-0.15, -0.1) is 11.8 Å². The van der Waals surface area contributed by atoms with Gasteiger partial charge in [0.15, 0.2) is 0 Å². The van der Waals surface area contributed by atoms with Gasteiger partial charge in [0.05, 0.1) is 25.8 Å². The number of carbonyl (C=O) groups excluding carboxylic acids is 1. The van der Waals surface area contributed by atoms with E-state index in [1.807, 2.05) is 12.1 Å². The van der Waals surface area contributed by atoms with E-state index in [9.17, 15) is 4.79 Å². The second-order valence-electron chi connectivity index (χ2n) is 3.95. The lowest BCUT2D eigenvalue weighted by molar-refractivity contribution is -0.139. The van der Waals surface area contributed by atoms with E-state index < -0.39 is 0 Å². The maximum absolute atomic E-state index is 11.2. The molecule has 1 aliphatic heterocycles. The molecule has 1 aromatic carbocycles. The molecule has 5 heteroatoms. The quantitative estimate of drug-likeness (QED) is 0.785. The molecule has 96 valence electrons. The van der Waals surface area contributed by atoms with Crippen LogP contribution in [0, 0.1) is 0 Å². The molecule has 4 nitrogen and oxygen atoms in total. The summed E-state index contributed by atoms with van der Waals surface area (Å²) in [4.78, 5) is 16.8. The Bertz CT molecular complexity index is 485. The Morgan fingerprint density at radius 2 is 2.28 bits per heavy atom. The Labute approximate surface area is 110 Å². The first-order valence-corrected chi connectivity index (χ1v) is 6.59. The molecule has 2 rings (SSSR count). The average Bonchev–Trinajstić information content (AvgIpc) is 2.39. The first-order valence-electron chi connectivity index (χ1n) is 5.61. The predicted molar refractivity (Wildman–Crippen MR) is 71.6 cm³/mol. The molecule has 0 radical (unpaired) electrons. The molecule has 0 unspecified atom stereocenters. The molecule has 1 aliphatic rings. The third-order valence-electron chi connectivity index (χ3n) is 2.58. The minimum absolute atomic E-state index is 0.242. The highest BCUT2D eigenvalue weighted by Gasteiger charge is 2.15. The van der Waals surface area contributed by atoms with E-state index in [4.69, 9.17) is 4.74 Å². The number of fused-ring (bicyclic) bond motifs is 1. The van der Waals surface area contributed by atoms with E-state index in [1.54, 1.807) is 18.9 Å². The molecule has 1 aromatic rings. The minimum atomic E-state index is -0.242.